The summed E-state index contributed by atoms with van der Waals surface area (Å²) in [7, 11) is 1.48. The summed E-state index contributed by atoms with van der Waals surface area (Å²) in [4.78, 5) is 21.7. The Kier molecular flexibility index (Phi) is 4.29. The largest absolute Gasteiger partial charge is 0.287 e. The van der Waals surface area contributed by atoms with Gasteiger partial charge in [0.05, 0.1) is 17.3 Å². The maximum atomic E-state index is 11.5. The first kappa shape index (κ1) is 14.7. The van der Waals surface area contributed by atoms with Gasteiger partial charge in [0.25, 0.3) is 11.2 Å². The smallest absolute Gasteiger partial charge is 0.275 e. The number of hydrazone groups is 1. The molecule has 9 heteroatoms. The van der Waals surface area contributed by atoms with Crippen LogP contribution in [0.4, 0.5) is 11.4 Å². The van der Waals surface area contributed by atoms with Crippen LogP contribution in [0.3, 0.4) is 0 Å². The Morgan fingerprint density at radius 2 is 2.29 bits per heavy atom. The fourth-order valence-corrected chi connectivity index (χ4v) is 1.70. The number of hydrogen-bond acceptors (Lipinski definition) is 6. The van der Waals surface area contributed by atoms with Crippen molar-refractivity contribution in [3.05, 3.63) is 61.5 Å². The molecule has 21 heavy (non-hydrogen) atoms. The van der Waals surface area contributed by atoms with Crippen molar-refractivity contribution >= 4 is 29.2 Å². The number of nitro groups is 1. The molecule has 1 aromatic carbocycles. The fourth-order valence-electron chi connectivity index (χ4n) is 1.48. The van der Waals surface area contributed by atoms with E-state index in [1.807, 2.05) is 0 Å². The number of benzene rings is 1. The number of nitrogens with one attached hydrogen (secondary N) is 1. The Bertz CT molecular complexity index is 772. The summed E-state index contributed by atoms with van der Waals surface area (Å²) < 4.78 is 1.10. The highest BCUT2D eigenvalue weighted by atomic mass is 35.5. The topological polar surface area (TPSA) is 102 Å². The number of anilines is 1. The summed E-state index contributed by atoms with van der Waals surface area (Å²) in [6, 6.07) is 5.95. The molecule has 1 heterocycles. The van der Waals surface area contributed by atoms with Crippen LogP contribution in [0, 0.1) is 10.1 Å². The molecule has 1 aromatic heterocycles. The zero-order valence-corrected chi connectivity index (χ0v) is 11.6. The van der Waals surface area contributed by atoms with Gasteiger partial charge < -0.3 is 0 Å². The van der Waals surface area contributed by atoms with E-state index in [4.69, 9.17) is 11.6 Å². The van der Waals surface area contributed by atoms with E-state index >= 15 is 0 Å². The number of aryl methyl sites for hydroxylation is 1. The summed E-state index contributed by atoms with van der Waals surface area (Å²) in [6.45, 7) is 0. The zero-order valence-electron chi connectivity index (χ0n) is 10.9. The molecular formula is C12H10ClN5O3. The van der Waals surface area contributed by atoms with Gasteiger partial charge in [-0.15, -0.1) is 0 Å². The molecule has 108 valence electrons. The van der Waals surface area contributed by atoms with Gasteiger partial charge in [-0.25, -0.2) is 4.68 Å². The second-order valence-electron chi connectivity index (χ2n) is 4.02. The number of rotatable bonds is 4. The molecule has 0 bridgehead atoms. The van der Waals surface area contributed by atoms with Gasteiger partial charge in [0.1, 0.15) is 10.7 Å². The van der Waals surface area contributed by atoms with Crippen molar-refractivity contribution in [1.29, 1.82) is 0 Å². The third kappa shape index (κ3) is 3.42. The summed E-state index contributed by atoms with van der Waals surface area (Å²) in [5, 5.41) is 18.3. The number of aromatic nitrogens is 2. The predicted octanol–water partition coefficient (Wildman–Crippen LogP) is 1.79. The van der Waals surface area contributed by atoms with Crippen LogP contribution in [0.1, 0.15) is 5.56 Å². The molecule has 0 saturated carbocycles. The molecule has 0 aliphatic rings. The van der Waals surface area contributed by atoms with Gasteiger partial charge in [-0.2, -0.15) is 10.2 Å². The van der Waals surface area contributed by atoms with Crippen LogP contribution in [-0.4, -0.2) is 20.9 Å². The number of halogens is 1. The van der Waals surface area contributed by atoms with Crippen molar-refractivity contribution in [3.63, 3.8) is 0 Å². The monoisotopic (exact) mass is 307 g/mol. The Balaban J connectivity index is 2.16. The molecule has 2 aromatic rings. The Labute approximate surface area is 123 Å². The van der Waals surface area contributed by atoms with Gasteiger partial charge in [0.15, 0.2) is 0 Å². The van der Waals surface area contributed by atoms with Gasteiger partial charge in [-0.1, -0.05) is 23.7 Å². The van der Waals surface area contributed by atoms with Crippen LogP contribution in [-0.2, 0) is 7.05 Å². The summed E-state index contributed by atoms with van der Waals surface area (Å²) in [5.74, 6) is 0. The van der Waals surface area contributed by atoms with Crippen LogP contribution in [0.2, 0.25) is 5.02 Å². The molecular weight excluding hydrogens is 298 g/mol. The molecule has 0 aliphatic carbocycles. The second kappa shape index (κ2) is 6.14. The molecule has 8 nitrogen and oxygen atoms in total. The van der Waals surface area contributed by atoms with E-state index in [1.165, 1.54) is 31.6 Å². The molecule has 0 unspecified atom stereocenters. The van der Waals surface area contributed by atoms with Crippen molar-refractivity contribution in [1.82, 2.24) is 9.78 Å². The molecule has 0 radical (unpaired) electrons. The van der Waals surface area contributed by atoms with Crippen LogP contribution in [0.5, 0.6) is 0 Å². The Morgan fingerprint density at radius 3 is 3.00 bits per heavy atom. The van der Waals surface area contributed by atoms with Crippen LogP contribution < -0.4 is 11.0 Å². The molecule has 0 saturated heterocycles. The minimum atomic E-state index is -0.494. The third-order valence-electron chi connectivity index (χ3n) is 2.56. The highest BCUT2D eigenvalue weighted by Crippen LogP contribution is 2.15. The summed E-state index contributed by atoms with van der Waals surface area (Å²) in [6.07, 6.45) is 2.73. The van der Waals surface area contributed by atoms with Gasteiger partial charge in [-0.3, -0.25) is 20.3 Å². The number of nitrogens with zero attached hydrogens (tertiary/aromatic N) is 4. The zero-order chi connectivity index (χ0) is 15.4. The predicted molar refractivity (Wildman–Crippen MR) is 78.8 cm³/mol. The first-order valence-corrected chi connectivity index (χ1v) is 6.12. The minimum absolute atomic E-state index is 0.0350. The van der Waals surface area contributed by atoms with Gasteiger partial charge >= 0.3 is 0 Å². The normalized spacial score (nSPS) is 10.8. The van der Waals surface area contributed by atoms with Crippen molar-refractivity contribution in [3.8, 4) is 0 Å². The van der Waals surface area contributed by atoms with Crippen LogP contribution >= 0.6 is 11.6 Å². The summed E-state index contributed by atoms with van der Waals surface area (Å²) in [5.41, 5.74) is 2.87. The molecule has 0 amide bonds. The van der Waals surface area contributed by atoms with E-state index in [9.17, 15) is 14.9 Å². The van der Waals surface area contributed by atoms with E-state index in [0.29, 0.717) is 5.56 Å². The van der Waals surface area contributed by atoms with Crippen LogP contribution in [0.25, 0.3) is 0 Å². The average molecular weight is 308 g/mol. The lowest BCUT2D eigenvalue weighted by atomic mass is 10.2. The SMILES string of the molecule is Cn1ncc(N/N=C\c2cccc([N+](=O)[O-])c2)c(Cl)c1=O. The highest BCUT2D eigenvalue weighted by molar-refractivity contribution is 6.32. The van der Waals surface area contributed by atoms with E-state index in [-0.39, 0.29) is 16.4 Å². The maximum Gasteiger partial charge on any atom is 0.287 e. The fraction of sp³-hybridized carbons (Fsp3) is 0.0833. The maximum absolute atomic E-state index is 11.5. The van der Waals surface area contributed by atoms with Gasteiger partial charge in [0, 0.05) is 24.7 Å². The van der Waals surface area contributed by atoms with Gasteiger partial charge in [0.2, 0.25) is 0 Å². The molecule has 0 atom stereocenters. The van der Waals surface area contributed by atoms with E-state index < -0.39 is 10.5 Å². The van der Waals surface area contributed by atoms with Crippen LogP contribution in [0.15, 0.2) is 40.4 Å². The number of non-ortho nitro benzene ring substituents is 1. The lowest BCUT2D eigenvalue weighted by molar-refractivity contribution is -0.384. The molecule has 0 fully saturated rings. The first-order chi connectivity index (χ1) is 9.99. The Morgan fingerprint density at radius 1 is 1.52 bits per heavy atom. The standard InChI is InChI=1S/C12H10ClN5O3/c1-17-12(19)11(13)10(7-15-17)16-14-6-8-3-2-4-9(5-8)18(20)21/h2-7,16H,1H3/b14-6-. The minimum Gasteiger partial charge on any atom is -0.275 e. The van der Waals surface area contributed by atoms with Gasteiger partial charge in [-0.05, 0) is 0 Å². The van der Waals surface area contributed by atoms with Crippen molar-refractivity contribution in [2.75, 3.05) is 5.43 Å². The molecule has 2 rings (SSSR count). The summed E-state index contributed by atoms with van der Waals surface area (Å²) >= 11 is 5.85. The lowest BCUT2D eigenvalue weighted by Gasteiger charge is -2.03. The number of nitro benzene ring substituents is 1. The van der Waals surface area contributed by atoms with E-state index in [1.54, 1.807) is 12.1 Å². The Hall–Kier alpha value is -2.74. The van der Waals surface area contributed by atoms with E-state index in [2.05, 4.69) is 15.6 Å². The first-order valence-electron chi connectivity index (χ1n) is 5.74. The molecule has 0 spiro atoms. The van der Waals surface area contributed by atoms with E-state index in [0.717, 1.165) is 4.68 Å². The van der Waals surface area contributed by atoms with Crippen molar-refractivity contribution in [2.24, 2.45) is 12.1 Å². The quantitative estimate of drug-likeness (QED) is 0.527. The highest BCUT2D eigenvalue weighted by Gasteiger charge is 2.06. The second-order valence-corrected chi connectivity index (χ2v) is 4.40. The number of hydrogen-bond donors (Lipinski definition) is 1. The molecule has 1 N–H and O–H groups in total. The average Bonchev–Trinajstić information content (AvgIpc) is 2.47. The van der Waals surface area contributed by atoms with Crippen molar-refractivity contribution in [2.45, 2.75) is 0 Å². The third-order valence-corrected chi connectivity index (χ3v) is 2.92. The lowest BCUT2D eigenvalue weighted by Crippen LogP contribution is -2.20. The van der Waals surface area contributed by atoms with Crippen molar-refractivity contribution < 1.29 is 4.92 Å². The molecule has 0 aliphatic heterocycles.